The Morgan fingerprint density at radius 1 is 1.50 bits per heavy atom. The smallest absolute Gasteiger partial charge is 0.238 e. The zero-order valence-electron chi connectivity index (χ0n) is 9.54. The highest BCUT2D eigenvalue weighted by molar-refractivity contribution is 7.00. The van der Waals surface area contributed by atoms with E-state index in [1.807, 2.05) is 23.1 Å². The minimum Gasteiger partial charge on any atom is -0.390 e. The van der Waals surface area contributed by atoms with Crippen LogP contribution in [0.25, 0.3) is 11.0 Å². The van der Waals surface area contributed by atoms with Gasteiger partial charge in [-0.25, -0.2) is 0 Å². The van der Waals surface area contributed by atoms with Gasteiger partial charge in [0.25, 0.3) is 0 Å². The van der Waals surface area contributed by atoms with Gasteiger partial charge in [0.1, 0.15) is 11.0 Å². The van der Waals surface area contributed by atoms with Crippen LogP contribution in [0.3, 0.4) is 0 Å². The van der Waals surface area contributed by atoms with Gasteiger partial charge in [0, 0.05) is 13.1 Å². The fourth-order valence-corrected chi connectivity index (χ4v) is 2.52. The highest BCUT2D eigenvalue weighted by Crippen LogP contribution is 2.21. The van der Waals surface area contributed by atoms with E-state index in [4.69, 9.17) is 5.11 Å². The third kappa shape index (κ3) is 2.20. The number of amides is 1. The summed E-state index contributed by atoms with van der Waals surface area (Å²) in [6.07, 6.45) is -0.288. The summed E-state index contributed by atoms with van der Waals surface area (Å²) < 4.78 is 8.28. The molecule has 1 aromatic carbocycles. The van der Waals surface area contributed by atoms with Crippen molar-refractivity contribution in [3.8, 4) is 0 Å². The van der Waals surface area contributed by atoms with Crippen LogP contribution in [0.1, 0.15) is 0 Å². The van der Waals surface area contributed by atoms with Crippen LogP contribution in [-0.2, 0) is 4.79 Å². The minimum absolute atomic E-state index is 0.0950. The van der Waals surface area contributed by atoms with Crippen LogP contribution >= 0.6 is 11.7 Å². The second-order valence-corrected chi connectivity index (χ2v) is 4.86. The second-order valence-electron chi connectivity index (χ2n) is 4.33. The summed E-state index contributed by atoms with van der Waals surface area (Å²) in [6, 6.07) is 5.51. The lowest BCUT2D eigenvalue weighted by Gasteiger charge is -2.34. The topological polar surface area (TPSA) is 78.4 Å². The van der Waals surface area contributed by atoms with Gasteiger partial charge in [0.05, 0.1) is 30.1 Å². The molecule has 0 radical (unpaired) electrons. The minimum atomic E-state index is -0.288. The molecular formula is C11H12N4O2S. The average molecular weight is 264 g/mol. The molecule has 0 saturated carbocycles. The first-order valence-corrected chi connectivity index (χ1v) is 6.37. The Kier molecular flexibility index (Phi) is 2.94. The number of aliphatic hydroxyl groups is 1. The molecule has 1 fully saturated rings. The SMILES string of the molecule is O=C(CN1CC(O)C1)Nc1cccc2nsnc12. The third-order valence-corrected chi connectivity index (χ3v) is 3.41. The fraction of sp³-hybridized carbons (Fsp3) is 0.364. The molecule has 94 valence electrons. The Bertz CT molecular complexity index is 579. The van der Waals surface area contributed by atoms with Gasteiger partial charge in [0.15, 0.2) is 0 Å². The summed E-state index contributed by atoms with van der Waals surface area (Å²) in [4.78, 5) is 13.7. The van der Waals surface area contributed by atoms with Crippen molar-refractivity contribution in [3.05, 3.63) is 18.2 Å². The molecule has 18 heavy (non-hydrogen) atoms. The average Bonchev–Trinajstić information content (AvgIpc) is 2.76. The van der Waals surface area contributed by atoms with E-state index in [0.717, 1.165) is 22.8 Å². The molecule has 0 unspecified atom stereocenters. The highest BCUT2D eigenvalue weighted by atomic mass is 32.1. The molecule has 3 rings (SSSR count). The zero-order chi connectivity index (χ0) is 12.5. The lowest BCUT2D eigenvalue weighted by Crippen LogP contribution is -2.53. The van der Waals surface area contributed by atoms with E-state index in [1.54, 1.807) is 0 Å². The van der Waals surface area contributed by atoms with Crippen molar-refractivity contribution in [1.82, 2.24) is 13.6 Å². The number of fused-ring (bicyclic) bond motifs is 1. The van der Waals surface area contributed by atoms with Gasteiger partial charge in [-0.15, -0.1) is 0 Å². The lowest BCUT2D eigenvalue weighted by atomic mass is 10.2. The Hall–Kier alpha value is -1.57. The third-order valence-electron chi connectivity index (χ3n) is 2.87. The molecule has 1 saturated heterocycles. The number of carbonyl (C=O) groups excluding carboxylic acids is 1. The summed E-state index contributed by atoms with van der Waals surface area (Å²) in [7, 11) is 0. The molecule has 6 nitrogen and oxygen atoms in total. The largest absolute Gasteiger partial charge is 0.390 e. The first-order valence-electron chi connectivity index (χ1n) is 5.64. The number of aromatic nitrogens is 2. The van der Waals surface area contributed by atoms with Crippen molar-refractivity contribution in [1.29, 1.82) is 0 Å². The van der Waals surface area contributed by atoms with Crippen LogP contribution in [-0.4, -0.2) is 50.4 Å². The maximum Gasteiger partial charge on any atom is 0.238 e. The molecule has 0 atom stereocenters. The van der Waals surface area contributed by atoms with Gasteiger partial charge in [-0.2, -0.15) is 8.75 Å². The predicted octanol–water partition coefficient (Wildman–Crippen LogP) is 0.306. The van der Waals surface area contributed by atoms with E-state index in [-0.39, 0.29) is 12.0 Å². The Morgan fingerprint density at radius 3 is 3.11 bits per heavy atom. The van der Waals surface area contributed by atoms with Crippen LogP contribution in [0.5, 0.6) is 0 Å². The van der Waals surface area contributed by atoms with E-state index in [2.05, 4.69) is 14.1 Å². The predicted molar refractivity (Wildman–Crippen MR) is 68.5 cm³/mol. The van der Waals surface area contributed by atoms with Gasteiger partial charge in [-0.05, 0) is 12.1 Å². The molecule has 0 aliphatic carbocycles. The second kappa shape index (κ2) is 4.60. The van der Waals surface area contributed by atoms with Crippen molar-refractivity contribution in [2.45, 2.75) is 6.10 Å². The van der Waals surface area contributed by atoms with Crippen LogP contribution < -0.4 is 5.32 Å². The van der Waals surface area contributed by atoms with E-state index >= 15 is 0 Å². The number of β-amino-alcohol motifs (C(OH)–C–C–N with tert-alkyl or cyclic N) is 1. The quantitative estimate of drug-likeness (QED) is 0.834. The maximum atomic E-state index is 11.8. The number of aliphatic hydroxyl groups excluding tert-OH is 1. The summed E-state index contributed by atoms with van der Waals surface area (Å²) >= 11 is 1.13. The number of anilines is 1. The van der Waals surface area contributed by atoms with Gasteiger partial charge in [-0.3, -0.25) is 9.69 Å². The van der Waals surface area contributed by atoms with Gasteiger partial charge >= 0.3 is 0 Å². The van der Waals surface area contributed by atoms with Crippen LogP contribution in [0.2, 0.25) is 0 Å². The number of nitrogens with zero attached hydrogens (tertiary/aromatic N) is 3. The molecular weight excluding hydrogens is 252 g/mol. The molecule has 1 aliphatic rings. The van der Waals surface area contributed by atoms with E-state index in [1.165, 1.54) is 0 Å². The monoisotopic (exact) mass is 264 g/mol. The number of benzene rings is 1. The molecule has 0 bridgehead atoms. The van der Waals surface area contributed by atoms with Gasteiger partial charge in [0.2, 0.25) is 5.91 Å². The molecule has 1 amide bonds. The highest BCUT2D eigenvalue weighted by Gasteiger charge is 2.26. The first kappa shape index (κ1) is 11.5. The van der Waals surface area contributed by atoms with Crippen molar-refractivity contribution >= 4 is 34.4 Å². The van der Waals surface area contributed by atoms with E-state index < -0.39 is 0 Å². The molecule has 2 N–H and O–H groups in total. The van der Waals surface area contributed by atoms with Crippen molar-refractivity contribution in [2.24, 2.45) is 0 Å². The molecule has 7 heteroatoms. The lowest BCUT2D eigenvalue weighted by molar-refractivity contribution is -0.119. The summed E-state index contributed by atoms with van der Waals surface area (Å²) in [5.74, 6) is -0.0950. The molecule has 0 spiro atoms. The number of carbonyl (C=O) groups is 1. The summed E-state index contributed by atoms with van der Waals surface area (Å²) in [5, 5.41) is 12.0. The van der Waals surface area contributed by atoms with Crippen LogP contribution in [0.4, 0.5) is 5.69 Å². The number of rotatable bonds is 3. The standard InChI is InChI=1S/C11H12N4O2S/c16-7-4-15(5-7)6-10(17)12-8-2-1-3-9-11(8)14-18-13-9/h1-3,7,16H,4-6H2,(H,12,17). The van der Waals surface area contributed by atoms with E-state index in [0.29, 0.717) is 25.3 Å². The van der Waals surface area contributed by atoms with Crippen molar-refractivity contribution in [2.75, 3.05) is 25.0 Å². The molecule has 1 aromatic heterocycles. The van der Waals surface area contributed by atoms with Crippen molar-refractivity contribution < 1.29 is 9.90 Å². The van der Waals surface area contributed by atoms with Crippen LogP contribution in [0.15, 0.2) is 18.2 Å². The molecule has 2 heterocycles. The van der Waals surface area contributed by atoms with E-state index in [9.17, 15) is 4.79 Å². The molecule has 1 aliphatic heterocycles. The van der Waals surface area contributed by atoms with Gasteiger partial charge in [-0.1, -0.05) is 6.07 Å². The Labute approximate surface area is 108 Å². The number of likely N-dealkylation sites (tertiary alicyclic amines) is 1. The fourth-order valence-electron chi connectivity index (χ4n) is 1.97. The number of nitrogens with one attached hydrogen (secondary N) is 1. The Morgan fingerprint density at radius 2 is 2.33 bits per heavy atom. The normalized spacial score (nSPS) is 16.7. The van der Waals surface area contributed by atoms with Crippen LogP contribution in [0, 0.1) is 0 Å². The summed E-state index contributed by atoms with van der Waals surface area (Å²) in [6.45, 7) is 1.43. The number of hydrogen-bond acceptors (Lipinski definition) is 6. The van der Waals surface area contributed by atoms with Gasteiger partial charge < -0.3 is 10.4 Å². The zero-order valence-corrected chi connectivity index (χ0v) is 10.4. The Balaban J connectivity index is 1.68. The van der Waals surface area contributed by atoms with Crippen molar-refractivity contribution in [3.63, 3.8) is 0 Å². The summed E-state index contributed by atoms with van der Waals surface area (Å²) in [5.41, 5.74) is 2.20. The maximum absolute atomic E-state index is 11.8. The first-order chi connectivity index (χ1) is 8.72. The number of hydrogen-bond donors (Lipinski definition) is 2. The molecule has 2 aromatic rings.